The van der Waals surface area contributed by atoms with Crippen LogP contribution in [0.4, 0.5) is 0 Å². The molecule has 0 radical (unpaired) electrons. The van der Waals surface area contributed by atoms with E-state index in [2.05, 4.69) is 37.2 Å². The highest BCUT2D eigenvalue weighted by Gasteiger charge is 2.10. The molecule has 0 aliphatic heterocycles. The second kappa shape index (κ2) is 12.0. The van der Waals surface area contributed by atoms with Crippen molar-refractivity contribution in [3.8, 4) is 0 Å². The third kappa shape index (κ3) is 16.7. The summed E-state index contributed by atoms with van der Waals surface area (Å²) >= 11 is 0. The summed E-state index contributed by atoms with van der Waals surface area (Å²) in [5, 5.41) is 0. The fraction of sp³-hybridized carbons (Fsp3) is 0.625. The first-order chi connectivity index (χ1) is 11.4. The second-order valence-electron chi connectivity index (χ2n) is 6.10. The Hall–Kier alpha value is -0.520. The Morgan fingerprint density at radius 2 is 1.40 bits per heavy atom. The first-order valence-electron chi connectivity index (χ1n) is 7.97. The zero-order valence-corrected chi connectivity index (χ0v) is 17.0. The standard InChI is InChI=1S/C16H30O7P2/c1-14(2)7-5-8-15(3)9-6-10-16(4)11-12-22-13-24(17,18)23-25(19,20)21/h7,9,11H,5-6,8,10,12-13H2,1-4H3,(H,17,18)(H2,19,20,21)/p-3/b15-9+,16-11+. The van der Waals surface area contributed by atoms with Crippen LogP contribution in [-0.4, -0.2) is 13.0 Å². The van der Waals surface area contributed by atoms with Crippen molar-refractivity contribution in [1.82, 2.24) is 0 Å². The van der Waals surface area contributed by atoms with E-state index < -0.39 is 21.8 Å². The molecule has 0 fully saturated rings. The van der Waals surface area contributed by atoms with Crippen molar-refractivity contribution in [2.45, 2.75) is 53.4 Å². The SMILES string of the molecule is CC(C)=CCC/C(C)=C/CC/C(C)=C/COCP(=O)([O-])OP(=O)([O-])[O-]. The van der Waals surface area contributed by atoms with E-state index >= 15 is 0 Å². The van der Waals surface area contributed by atoms with E-state index in [-0.39, 0.29) is 6.61 Å². The van der Waals surface area contributed by atoms with E-state index in [1.165, 1.54) is 11.1 Å². The van der Waals surface area contributed by atoms with Crippen LogP contribution in [0.1, 0.15) is 53.4 Å². The lowest BCUT2D eigenvalue weighted by Gasteiger charge is -2.35. The van der Waals surface area contributed by atoms with Gasteiger partial charge in [0.2, 0.25) is 0 Å². The average Bonchev–Trinajstić information content (AvgIpc) is 2.40. The molecule has 146 valence electrons. The molecule has 0 aromatic rings. The highest BCUT2D eigenvalue weighted by molar-refractivity contribution is 7.61. The number of phosphoric acid groups is 1. The van der Waals surface area contributed by atoms with Crippen molar-refractivity contribution in [2.75, 3.05) is 13.0 Å². The normalized spacial score (nSPS) is 15.8. The van der Waals surface area contributed by atoms with Crippen molar-refractivity contribution >= 4 is 15.4 Å². The molecule has 9 heteroatoms. The third-order valence-electron chi connectivity index (χ3n) is 3.15. The number of hydrogen-bond donors (Lipinski definition) is 0. The Morgan fingerprint density at radius 3 is 1.92 bits per heavy atom. The predicted molar refractivity (Wildman–Crippen MR) is 92.5 cm³/mol. The summed E-state index contributed by atoms with van der Waals surface area (Å²) in [5.41, 5.74) is 3.66. The van der Waals surface area contributed by atoms with Gasteiger partial charge in [0.25, 0.3) is 0 Å². The topological polar surface area (TPSA) is 122 Å². The molecule has 0 saturated heterocycles. The van der Waals surface area contributed by atoms with Crippen LogP contribution in [0.5, 0.6) is 0 Å². The molecule has 0 aliphatic carbocycles. The van der Waals surface area contributed by atoms with Gasteiger partial charge in [-0.3, -0.25) is 0 Å². The summed E-state index contributed by atoms with van der Waals surface area (Å²) in [6.07, 6.45) is 8.87. The molecule has 0 heterocycles. The Balaban J connectivity index is 4.08. The minimum atomic E-state index is -5.57. The number of rotatable bonds is 12. The van der Waals surface area contributed by atoms with Crippen molar-refractivity contribution in [3.05, 3.63) is 34.9 Å². The highest BCUT2D eigenvalue weighted by Crippen LogP contribution is 2.49. The minimum absolute atomic E-state index is 0.00723. The first kappa shape index (κ1) is 24.5. The van der Waals surface area contributed by atoms with Crippen LogP contribution in [0, 0.1) is 0 Å². The van der Waals surface area contributed by atoms with Gasteiger partial charge in [-0.25, -0.2) is 0 Å². The fourth-order valence-corrected chi connectivity index (χ4v) is 3.62. The van der Waals surface area contributed by atoms with Crippen LogP contribution in [0.25, 0.3) is 0 Å². The van der Waals surface area contributed by atoms with Gasteiger partial charge in [-0.2, -0.15) is 0 Å². The summed E-state index contributed by atoms with van der Waals surface area (Å²) in [4.78, 5) is 31.7. The molecule has 0 bridgehead atoms. The van der Waals surface area contributed by atoms with E-state index in [1.807, 2.05) is 6.92 Å². The quantitative estimate of drug-likeness (QED) is 0.284. The Bertz CT molecular complexity index is 583. The summed E-state index contributed by atoms with van der Waals surface area (Å²) < 4.78 is 29.7. The maximum Gasteiger partial charge on any atom is 0.164 e. The molecular formula is C16H27O7P2-3. The van der Waals surface area contributed by atoms with E-state index in [1.54, 1.807) is 6.08 Å². The third-order valence-corrected chi connectivity index (χ3v) is 5.44. The van der Waals surface area contributed by atoms with Crippen molar-refractivity contribution in [2.24, 2.45) is 0 Å². The number of ether oxygens (including phenoxy) is 1. The molecule has 1 atom stereocenters. The van der Waals surface area contributed by atoms with Crippen LogP contribution in [0.3, 0.4) is 0 Å². The molecular weight excluding hydrogens is 366 g/mol. The molecule has 0 N–H and O–H groups in total. The molecule has 0 aromatic heterocycles. The summed E-state index contributed by atoms with van der Waals surface area (Å²) in [6.45, 7) is 8.14. The average molecular weight is 393 g/mol. The van der Waals surface area contributed by atoms with Gasteiger partial charge in [0, 0.05) is 0 Å². The maximum atomic E-state index is 11.1. The van der Waals surface area contributed by atoms with Crippen LogP contribution in [-0.2, 0) is 18.2 Å². The Kier molecular flexibility index (Phi) is 11.7. The molecule has 7 nitrogen and oxygen atoms in total. The predicted octanol–water partition coefficient (Wildman–Crippen LogP) is 2.78. The molecule has 0 aliphatic rings. The van der Waals surface area contributed by atoms with Gasteiger partial charge in [-0.1, -0.05) is 34.9 Å². The molecule has 0 spiro atoms. The second-order valence-corrected chi connectivity index (χ2v) is 9.13. The van der Waals surface area contributed by atoms with Gasteiger partial charge < -0.3 is 32.9 Å². The van der Waals surface area contributed by atoms with Gasteiger partial charge >= 0.3 is 0 Å². The molecule has 25 heavy (non-hydrogen) atoms. The lowest BCUT2D eigenvalue weighted by molar-refractivity contribution is -0.337. The van der Waals surface area contributed by atoms with Gasteiger partial charge in [0.05, 0.1) is 14.4 Å². The molecule has 0 rings (SSSR count). The lowest BCUT2D eigenvalue weighted by atomic mass is 10.1. The van der Waals surface area contributed by atoms with Gasteiger partial charge in [0.1, 0.15) is 6.35 Å². The summed E-state index contributed by atoms with van der Waals surface area (Å²) in [5.74, 6) is 0. The molecule has 0 saturated carbocycles. The van der Waals surface area contributed by atoms with E-state index in [0.717, 1.165) is 31.3 Å². The van der Waals surface area contributed by atoms with Crippen molar-refractivity contribution in [1.29, 1.82) is 0 Å². The fourth-order valence-electron chi connectivity index (χ4n) is 1.88. The van der Waals surface area contributed by atoms with Gasteiger partial charge in [-0.15, -0.1) is 0 Å². The Morgan fingerprint density at radius 1 is 0.880 bits per heavy atom. The number of hydrogen-bond acceptors (Lipinski definition) is 7. The molecule has 0 amide bonds. The van der Waals surface area contributed by atoms with Crippen molar-refractivity contribution in [3.63, 3.8) is 0 Å². The van der Waals surface area contributed by atoms with Gasteiger partial charge in [0.15, 0.2) is 7.60 Å². The van der Waals surface area contributed by atoms with Crippen LogP contribution < -0.4 is 14.7 Å². The lowest BCUT2D eigenvalue weighted by Crippen LogP contribution is -2.20. The van der Waals surface area contributed by atoms with Gasteiger partial charge in [-0.05, 0) is 53.4 Å². The van der Waals surface area contributed by atoms with E-state index in [9.17, 15) is 23.8 Å². The maximum absolute atomic E-state index is 11.1. The zero-order valence-electron chi connectivity index (χ0n) is 15.2. The van der Waals surface area contributed by atoms with E-state index in [4.69, 9.17) is 4.74 Å². The van der Waals surface area contributed by atoms with Crippen LogP contribution in [0.15, 0.2) is 34.9 Å². The smallest absolute Gasteiger partial charge is 0.164 e. The molecule has 0 aromatic carbocycles. The van der Waals surface area contributed by atoms with Crippen molar-refractivity contribution < 1.29 is 32.9 Å². The monoisotopic (exact) mass is 393 g/mol. The van der Waals surface area contributed by atoms with E-state index in [0.29, 0.717) is 0 Å². The zero-order chi connectivity index (χ0) is 19.5. The van der Waals surface area contributed by atoms with Crippen LogP contribution in [0.2, 0.25) is 0 Å². The number of allylic oxidation sites excluding steroid dienone is 5. The Labute approximate surface area is 150 Å². The summed E-state index contributed by atoms with van der Waals surface area (Å²) in [6, 6.07) is 0. The summed E-state index contributed by atoms with van der Waals surface area (Å²) in [7, 11) is -10.4. The first-order valence-corrected chi connectivity index (χ1v) is 11.2. The largest absolute Gasteiger partial charge is 0.790 e. The molecule has 1 unspecified atom stereocenters. The van der Waals surface area contributed by atoms with Crippen LogP contribution >= 0.6 is 15.4 Å². The highest BCUT2D eigenvalue weighted by atomic mass is 31.3. The minimum Gasteiger partial charge on any atom is -0.790 e.